The first-order valence-corrected chi connectivity index (χ1v) is 6.08. The third-order valence-corrected chi connectivity index (χ3v) is 2.71. The minimum atomic E-state index is -0.512. The zero-order valence-corrected chi connectivity index (χ0v) is 11.0. The number of aromatic nitrogens is 2. The van der Waals surface area contributed by atoms with E-state index >= 15 is 0 Å². The van der Waals surface area contributed by atoms with E-state index in [1.807, 2.05) is 0 Å². The highest BCUT2D eigenvalue weighted by Gasteiger charge is 2.10. The van der Waals surface area contributed by atoms with E-state index in [9.17, 15) is 9.59 Å². The fraction of sp³-hybridized carbons (Fsp3) is 0.143. The normalized spacial score (nSPS) is 10.2. The molecule has 0 aliphatic carbocycles. The van der Waals surface area contributed by atoms with E-state index in [2.05, 4.69) is 10.4 Å². The Morgan fingerprint density at radius 1 is 1.35 bits per heavy atom. The Morgan fingerprint density at radius 2 is 2.10 bits per heavy atom. The second-order valence-electron chi connectivity index (χ2n) is 4.28. The minimum absolute atomic E-state index is 0.140. The molecule has 103 valence electrons. The average Bonchev–Trinajstić information content (AvgIpc) is 2.82. The summed E-state index contributed by atoms with van der Waals surface area (Å²) in [6.07, 6.45) is 3.54. The van der Waals surface area contributed by atoms with Crippen LogP contribution in [-0.4, -0.2) is 21.6 Å². The van der Waals surface area contributed by atoms with Crippen LogP contribution in [0.1, 0.15) is 22.3 Å². The van der Waals surface area contributed by atoms with Gasteiger partial charge >= 0.3 is 0 Å². The molecule has 0 aliphatic rings. The van der Waals surface area contributed by atoms with Gasteiger partial charge in [-0.1, -0.05) is 18.2 Å². The van der Waals surface area contributed by atoms with E-state index in [0.29, 0.717) is 16.9 Å². The molecule has 0 saturated heterocycles. The fourth-order valence-corrected chi connectivity index (χ4v) is 1.78. The lowest BCUT2D eigenvalue weighted by Gasteiger charge is -2.06. The fourth-order valence-electron chi connectivity index (χ4n) is 1.78. The molecular formula is C14H15N4O2. The molecule has 1 aromatic carbocycles. The number of rotatable bonds is 5. The Hall–Kier alpha value is -2.63. The Kier molecular flexibility index (Phi) is 4.14. The van der Waals surface area contributed by atoms with Crippen molar-refractivity contribution in [1.29, 1.82) is 0 Å². The van der Waals surface area contributed by atoms with Crippen LogP contribution in [0.5, 0.6) is 0 Å². The maximum atomic E-state index is 11.8. The summed E-state index contributed by atoms with van der Waals surface area (Å²) >= 11 is 0. The Bertz CT molecular complexity index is 634. The lowest BCUT2D eigenvalue weighted by molar-refractivity contribution is -0.115. The molecule has 20 heavy (non-hydrogen) atoms. The predicted molar refractivity (Wildman–Crippen MR) is 74.8 cm³/mol. The van der Waals surface area contributed by atoms with Crippen LogP contribution in [0.25, 0.3) is 0 Å². The van der Waals surface area contributed by atoms with Crippen LogP contribution in [0.15, 0.2) is 36.5 Å². The zero-order chi connectivity index (χ0) is 14.5. The number of nitrogens with one attached hydrogen (secondary N) is 1. The monoisotopic (exact) mass is 271 g/mol. The van der Waals surface area contributed by atoms with Gasteiger partial charge in [-0.2, -0.15) is 5.10 Å². The number of hydrogen-bond acceptors (Lipinski definition) is 3. The van der Waals surface area contributed by atoms with Gasteiger partial charge in [0.1, 0.15) is 0 Å². The number of primary amides is 1. The first-order valence-electron chi connectivity index (χ1n) is 6.08. The van der Waals surface area contributed by atoms with Gasteiger partial charge in [0, 0.05) is 37.7 Å². The van der Waals surface area contributed by atoms with Crippen molar-refractivity contribution in [2.45, 2.75) is 6.42 Å². The Balaban J connectivity index is 1.95. The van der Waals surface area contributed by atoms with Crippen LogP contribution in [0.3, 0.4) is 0 Å². The van der Waals surface area contributed by atoms with Gasteiger partial charge in [-0.15, -0.1) is 0 Å². The van der Waals surface area contributed by atoms with Gasteiger partial charge in [-0.3, -0.25) is 14.3 Å². The van der Waals surface area contributed by atoms with Crippen LogP contribution >= 0.6 is 0 Å². The van der Waals surface area contributed by atoms with E-state index in [1.165, 1.54) is 0 Å². The maximum Gasteiger partial charge on any atom is 0.248 e. The second kappa shape index (κ2) is 6.01. The molecule has 3 N–H and O–H groups in total. The molecule has 1 heterocycles. The van der Waals surface area contributed by atoms with E-state index in [-0.39, 0.29) is 12.3 Å². The van der Waals surface area contributed by atoms with Gasteiger partial charge in [0.15, 0.2) is 5.82 Å². The molecule has 6 nitrogen and oxygen atoms in total. The van der Waals surface area contributed by atoms with E-state index in [4.69, 9.17) is 5.73 Å². The van der Waals surface area contributed by atoms with Gasteiger partial charge in [-0.25, -0.2) is 0 Å². The highest BCUT2D eigenvalue weighted by molar-refractivity contribution is 5.96. The molecule has 0 spiro atoms. The summed E-state index contributed by atoms with van der Waals surface area (Å²) in [5.41, 5.74) is 6.33. The van der Waals surface area contributed by atoms with E-state index < -0.39 is 5.91 Å². The number of benzene rings is 1. The van der Waals surface area contributed by atoms with Crippen molar-refractivity contribution in [3.63, 3.8) is 0 Å². The molecule has 2 amide bonds. The first kappa shape index (κ1) is 13.8. The Labute approximate surface area is 116 Å². The van der Waals surface area contributed by atoms with Crippen molar-refractivity contribution in [2.24, 2.45) is 12.8 Å². The predicted octanol–water partition coefficient (Wildman–Crippen LogP) is 1.10. The third-order valence-electron chi connectivity index (χ3n) is 2.71. The van der Waals surface area contributed by atoms with Crippen molar-refractivity contribution < 1.29 is 9.59 Å². The topological polar surface area (TPSA) is 90.0 Å². The van der Waals surface area contributed by atoms with Crippen molar-refractivity contribution in [2.75, 3.05) is 5.32 Å². The molecular weight excluding hydrogens is 256 g/mol. The summed E-state index contributed by atoms with van der Waals surface area (Å²) in [5.74, 6) is -0.223. The summed E-state index contributed by atoms with van der Waals surface area (Å²) in [6, 6.07) is 8.59. The summed E-state index contributed by atoms with van der Waals surface area (Å²) in [5, 5.41) is 6.71. The van der Waals surface area contributed by atoms with Gasteiger partial charge in [0.25, 0.3) is 0 Å². The molecule has 0 saturated carbocycles. The number of aryl methyl sites for hydroxylation is 1. The molecule has 0 unspecified atom stereocenters. The Morgan fingerprint density at radius 3 is 2.75 bits per heavy atom. The quantitative estimate of drug-likeness (QED) is 0.853. The van der Waals surface area contributed by atoms with Gasteiger partial charge in [0.05, 0.1) is 0 Å². The van der Waals surface area contributed by atoms with Crippen LogP contribution in [0.2, 0.25) is 0 Å². The SMILES string of the molecule is Cn1ccc(NC(=O)C[CH]c2ccccc2C(N)=O)n1. The summed E-state index contributed by atoms with van der Waals surface area (Å²) in [4.78, 5) is 23.0. The number of carbonyl (C=O) groups excluding carboxylic acids is 2. The van der Waals surface area contributed by atoms with Crippen molar-refractivity contribution >= 4 is 17.6 Å². The highest BCUT2D eigenvalue weighted by Crippen LogP contribution is 2.13. The van der Waals surface area contributed by atoms with Gasteiger partial charge < -0.3 is 11.1 Å². The van der Waals surface area contributed by atoms with Gasteiger partial charge in [-0.05, 0) is 11.6 Å². The number of carbonyl (C=O) groups is 2. The molecule has 2 aromatic rings. The van der Waals surface area contributed by atoms with Crippen LogP contribution in [0, 0.1) is 6.42 Å². The number of anilines is 1. The molecule has 1 radical (unpaired) electrons. The molecule has 0 bridgehead atoms. The molecule has 6 heteroatoms. The lowest BCUT2D eigenvalue weighted by atomic mass is 10.0. The van der Waals surface area contributed by atoms with E-state index in [0.717, 1.165) is 0 Å². The highest BCUT2D eigenvalue weighted by atomic mass is 16.2. The summed E-state index contributed by atoms with van der Waals surface area (Å²) in [7, 11) is 1.77. The van der Waals surface area contributed by atoms with Crippen LogP contribution < -0.4 is 11.1 Å². The largest absolute Gasteiger partial charge is 0.366 e. The summed E-state index contributed by atoms with van der Waals surface area (Å²) in [6.45, 7) is 0. The summed E-state index contributed by atoms with van der Waals surface area (Å²) < 4.78 is 1.60. The van der Waals surface area contributed by atoms with Crippen LogP contribution in [0.4, 0.5) is 5.82 Å². The smallest absolute Gasteiger partial charge is 0.248 e. The standard InChI is InChI=1S/C14H15N4O2/c1-18-9-8-12(17-18)16-13(19)7-6-10-4-2-3-5-11(10)14(15)20/h2-6,8-9H,7H2,1H3,(H2,15,20)(H,16,17,19). The maximum absolute atomic E-state index is 11.8. The lowest BCUT2D eigenvalue weighted by Crippen LogP contribution is -2.15. The molecule has 2 rings (SSSR count). The van der Waals surface area contributed by atoms with Crippen molar-refractivity contribution in [1.82, 2.24) is 9.78 Å². The number of hydrogen-bond donors (Lipinski definition) is 2. The number of nitrogens with two attached hydrogens (primary N) is 1. The molecule has 0 atom stereocenters. The van der Waals surface area contributed by atoms with Gasteiger partial charge in [0.2, 0.25) is 11.8 Å². The first-order chi connectivity index (χ1) is 9.56. The van der Waals surface area contributed by atoms with Crippen molar-refractivity contribution in [3.8, 4) is 0 Å². The number of amides is 2. The zero-order valence-electron chi connectivity index (χ0n) is 11.0. The third kappa shape index (κ3) is 3.44. The van der Waals surface area contributed by atoms with Crippen molar-refractivity contribution in [3.05, 3.63) is 54.1 Å². The molecule has 1 aromatic heterocycles. The minimum Gasteiger partial charge on any atom is -0.366 e. The van der Waals surface area contributed by atoms with E-state index in [1.54, 1.807) is 54.7 Å². The van der Waals surface area contributed by atoms with Crippen LogP contribution in [-0.2, 0) is 11.8 Å². The molecule has 0 fully saturated rings. The number of nitrogens with zero attached hydrogens (tertiary/aromatic N) is 2. The molecule has 0 aliphatic heterocycles. The average molecular weight is 271 g/mol. The second-order valence-corrected chi connectivity index (χ2v) is 4.28.